The molecule has 0 aromatic rings. The van der Waals surface area contributed by atoms with Gasteiger partial charge in [0.05, 0.1) is 6.04 Å². The third kappa shape index (κ3) is 1.71. The highest BCUT2D eigenvalue weighted by atomic mass is 16.2. The standard InChI is InChI=1S/C8H16N2O/c1-3-10-6-4-5-7(10)8(11)9-2/h7H,3-6H2,1-2H3,(H,9,11)/t7-/m1/s1. The Balaban J connectivity index is 2.49. The number of rotatable bonds is 2. The molecule has 0 spiro atoms. The molecule has 64 valence electrons. The third-order valence-electron chi connectivity index (χ3n) is 2.32. The average molecular weight is 156 g/mol. The van der Waals surface area contributed by atoms with Gasteiger partial charge in [0, 0.05) is 7.05 Å². The zero-order valence-corrected chi connectivity index (χ0v) is 7.26. The first kappa shape index (κ1) is 8.53. The summed E-state index contributed by atoms with van der Waals surface area (Å²) in [6.45, 7) is 4.16. The number of hydrogen-bond acceptors (Lipinski definition) is 2. The molecule has 3 nitrogen and oxygen atoms in total. The molecule has 1 amide bonds. The van der Waals surface area contributed by atoms with Gasteiger partial charge in [-0.2, -0.15) is 0 Å². The molecule has 1 N–H and O–H groups in total. The summed E-state index contributed by atoms with van der Waals surface area (Å²) in [5.74, 6) is 0.171. The van der Waals surface area contributed by atoms with Crippen LogP contribution >= 0.6 is 0 Å². The van der Waals surface area contributed by atoms with Gasteiger partial charge in [0.2, 0.25) is 5.91 Å². The Morgan fingerprint density at radius 1 is 1.73 bits per heavy atom. The highest BCUT2D eigenvalue weighted by molar-refractivity contribution is 5.81. The van der Waals surface area contributed by atoms with Crippen LogP contribution in [0.2, 0.25) is 0 Å². The van der Waals surface area contributed by atoms with E-state index in [0.717, 1.165) is 25.9 Å². The lowest BCUT2D eigenvalue weighted by Crippen LogP contribution is -2.41. The quantitative estimate of drug-likeness (QED) is 0.620. The molecule has 3 heteroatoms. The van der Waals surface area contributed by atoms with Crippen LogP contribution < -0.4 is 5.32 Å². The van der Waals surface area contributed by atoms with Crippen LogP contribution in [0.15, 0.2) is 0 Å². The largest absolute Gasteiger partial charge is 0.358 e. The molecular formula is C8H16N2O. The van der Waals surface area contributed by atoms with E-state index in [0.29, 0.717) is 0 Å². The summed E-state index contributed by atoms with van der Waals surface area (Å²) in [4.78, 5) is 13.5. The monoisotopic (exact) mass is 156 g/mol. The Labute approximate surface area is 67.8 Å². The lowest BCUT2D eigenvalue weighted by atomic mass is 10.2. The molecule has 0 radical (unpaired) electrons. The molecule has 0 saturated carbocycles. The van der Waals surface area contributed by atoms with Gasteiger partial charge in [-0.15, -0.1) is 0 Å². The predicted molar refractivity (Wildman–Crippen MR) is 44.3 cm³/mol. The number of hydrogen-bond donors (Lipinski definition) is 1. The molecule has 1 rings (SSSR count). The molecule has 0 bridgehead atoms. The van der Waals surface area contributed by atoms with Gasteiger partial charge in [-0.3, -0.25) is 9.69 Å². The van der Waals surface area contributed by atoms with Gasteiger partial charge in [-0.05, 0) is 25.9 Å². The van der Waals surface area contributed by atoms with E-state index < -0.39 is 0 Å². The maximum absolute atomic E-state index is 11.2. The topological polar surface area (TPSA) is 32.3 Å². The predicted octanol–water partition coefficient (Wildman–Crippen LogP) is 0.217. The summed E-state index contributed by atoms with van der Waals surface area (Å²) < 4.78 is 0. The van der Waals surface area contributed by atoms with E-state index in [1.165, 1.54) is 0 Å². The molecular weight excluding hydrogens is 140 g/mol. The summed E-state index contributed by atoms with van der Waals surface area (Å²) in [6, 6.07) is 0.144. The van der Waals surface area contributed by atoms with Gasteiger partial charge in [0.1, 0.15) is 0 Å². The average Bonchev–Trinajstić information content (AvgIpc) is 2.50. The van der Waals surface area contributed by atoms with Crippen molar-refractivity contribution in [3.8, 4) is 0 Å². The molecule has 1 heterocycles. The van der Waals surface area contributed by atoms with Crippen molar-refractivity contribution in [1.82, 2.24) is 10.2 Å². The Morgan fingerprint density at radius 3 is 3.00 bits per heavy atom. The van der Waals surface area contributed by atoms with Crippen LogP contribution in [-0.4, -0.2) is 37.0 Å². The highest BCUT2D eigenvalue weighted by Crippen LogP contribution is 2.15. The Hall–Kier alpha value is -0.570. The lowest BCUT2D eigenvalue weighted by molar-refractivity contribution is -0.124. The molecule has 0 aromatic carbocycles. The number of amides is 1. The van der Waals surface area contributed by atoms with E-state index in [4.69, 9.17) is 0 Å². The van der Waals surface area contributed by atoms with Gasteiger partial charge in [-0.25, -0.2) is 0 Å². The van der Waals surface area contributed by atoms with Crippen LogP contribution in [0.1, 0.15) is 19.8 Å². The Morgan fingerprint density at radius 2 is 2.45 bits per heavy atom. The van der Waals surface area contributed by atoms with Gasteiger partial charge in [0.25, 0.3) is 0 Å². The van der Waals surface area contributed by atoms with E-state index in [-0.39, 0.29) is 11.9 Å². The Kier molecular flexibility index (Phi) is 2.88. The SMILES string of the molecule is CCN1CCC[C@@H]1C(=O)NC. The molecule has 1 atom stereocenters. The van der Waals surface area contributed by atoms with E-state index in [1.807, 2.05) is 0 Å². The minimum absolute atomic E-state index is 0.144. The smallest absolute Gasteiger partial charge is 0.237 e. The number of likely N-dealkylation sites (tertiary alicyclic amines) is 1. The van der Waals surface area contributed by atoms with Crippen LogP contribution in [0.5, 0.6) is 0 Å². The molecule has 0 aromatic heterocycles. The third-order valence-corrected chi connectivity index (χ3v) is 2.32. The summed E-state index contributed by atoms with van der Waals surface area (Å²) in [7, 11) is 1.70. The van der Waals surface area contributed by atoms with E-state index in [9.17, 15) is 4.79 Å². The van der Waals surface area contributed by atoms with Crippen LogP contribution in [-0.2, 0) is 4.79 Å². The molecule has 11 heavy (non-hydrogen) atoms. The van der Waals surface area contributed by atoms with Crippen molar-refractivity contribution in [3.63, 3.8) is 0 Å². The van der Waals surface area contributed by atoms with E-state index in [1.54, 1.807) is 7.05 Å². The molecule has 0 unspecified atom stereocenters. The molecule has 1 saturated heterocycles. The van der Waals surface area contributed by atoms with Crippen molar-refractivity contribution in [2.75, 3.05) is 20.1 Å². The van der Waals surface area contributed by atoms with Gasteiger partial charge >= 0.3 is 0 Å². The summed E-state index contributed by atoms with van der Waals surface area (Å²) >= 11 is 0. The fraction of sp³-hybridized carbons (Fsp3) is 0.875. The summed E-state index contributed by atoms with van der Waals surface area (Å²) in [5, 5.41) is 2.69. The number of carbonyl (C=O) groups is 1. The van der Waals surface area contributed by atoms with Crippen LogP contribution in [0.4, 0.5) is 0 Å². The van der Waals surface area contributed by atoms with E-state index in [2.05, 4.69) is 17.1 Å². The lowest BCUT2D eigenvalue weighted by Gasteiger charge is -2.20. The first-order chi connectivity index (χ1) is 5.29. The highest BCUT2D eigenvalue weighted by Gasteiger charge is 2.28. The molecule has 0 aliphatic carbocycles. The fourth-order valence-corrected chi connectivity index (χ4v) is 1.67. The van der Waals surface area contributed by atoms with Crippen LogP contribution in [0.3, 0.4) is 0 Å². The molecule has 1 fully saturated rings. The van der Waals surface area contributed by atoms with Crippen LogP contribution in [0, 0.1) is 0 Å². The van der Waals surface area contributed by atoms with Gasteiger partial charge in [0.15, 0.2) is 0 Å². The van der Waals surface area contributed by atoms with Crippen molar-refractivity contribution in [2.45, 2.75) is 25.8 Å². The number of nitrogens with zero attached hydrogens (tertiary/aromatic N) is 1. The second kappa shape index (κ2) is 3.72. The molecule has 1 aliphatic rings. The van der Waals surface area contributed by atoms with Crippen molar-refractivity contribution >= 4 is 5.91 Å². The second-order valence-electron chi connectivity index (χ2n) is 2.90. The van der Waals surface area contributed by atoms with Crippen molar-refractivity contribution in [1.29, 1.82) is 0 Å². The number of likely N-dealkylation sites (N-methyl/N-ethyl adjacent to an activating group) is 2. The minimum Gasteiger partial charge on any atom is -0.358 e. The van der Waals surface area contributed by atoms with Gasteiger partial charge < -0.3 is 5.32 Å². The summed E-state index contributed by atoms with van der Waals surface area (Å²) in [5.41, 5.74) is 0. The number of carbonyl (C=O) groups excluding carboxylic acids is 1. The zero-order chi connectivity index (χ0) is 8.27. The first-order valence-electron chi connectivity index (χ1n) is 4.25. The van der Waals surface area contributed by atoms with Gasteiger partial charge in [-0.1, -0.05) is 6.92 Å². The maximum Gasteiger partial charge on any atom is 0.237 e. The minimum atomic E-state index is 0.144. The zero-order valence-electron chi connectivity index (χ0n) is 7.26. The fourth-order valence-electron chi connectivity index (χ4n) is 1.67. The summed E-state index contributed by atoms with van der Waals surface area (Å²) in [6.07, 6.45) is 2.18. The van der Waals surface area contributed by atoms with Crippen molar-refractivity contribution in [2.24, 2.45) is 0 Å². The second-order valence-corrected chi connectivity index (χ2v) is 2.90. The van der Waals surface area contributed by atoms with Crippen LogP contribution in [0.25, 0.3) is 0 Å². The van der Waals surface area contributed by atoms with Crippen molar-refractivity contribution < 1.29 is 4.79 Å². The first-order valence-corrected chi connectivity index (χ1v) is 4.25. The Bertz CT molecular complexity index is 147. The normalized spacial score (nSPS) is 25.5. The molecule has 1 aliphatic heterocycles. The number of nitrogens with one attached hydrogen (secondary N) is 1. The van der Waals surface area contributed by atoms with E-state index >= 15 is 0 Å². The van der Waals surface area contributed by atoms with Crippen molar-refractivity contribution in [3.05, 3.63) is 0 Å². The maximum atomic E-state index is 11.2.